The maximum atomic E-state index is 12.4. The smallest absolute Gasteiger partial charge is 0.313 e. The van der Waals surface area contributed by atoms with Crippen LogP contribution in [0.4, 0.5) is 0 Å². The van der Waals surface area contributed by atoms with Crippen molar-refractivity contribution < 1.29 is 28.5 Å². The molecule has 0 spiro atoms. The first-order chi connectivity index (χ1) is 12.2. The number of methoxy groups -OCH3 is 1. The van der Waals surface area contributed by atoms with Crippen LogP contribution in [0.5, 0.6) is 23.0 Å². The zero-order chi connectivity index (χ0) is 17.0. The molecule has 5 rings (SSSR count). The van der Waals surface area contributed by atoms with Crippen molar-refractivity contribution in [2.45, 2.75) is 12.0 Å². The summed E-state index contributed by atoms with van der Waals surface area (Å²) in [5.74, 6) is 1.96. The zero-order valence-corrected chi connectivity index (χ0v) is 13.6. The SMILES string of the molecule is COc1cccc(C2c3cc4c(cc3OC3COC(=O)C32)OCO4)c1. The Labute approximate surface area is 144 Å². The van der Waals surface area contributed by atoms with Gasteiger partial charge in [-0.25, -0.2) is 0 Å². The van der Waals surface area contributed by atoms with Crippen LogP contribution in [0.25, 0.3) is 0 Å². The molecule has 6 heteroatoms. The van der Waals surface area contributed by atoms with Gasteiger partial charge in [-0.05, 0) is 23.8 Å². The second-order valence-electron chi connectivity index (χ2n) is 6.31. The van der Waals surface area contributed by atoms with E-state index in [4.69, 9.17) is 23.7 Å². The van der Waals surface area contributed by atoms with Gasteiger partial charge < -0.3 is 23.7 Å². The number of benzene rings is 2. The van der Waals surface area contributed by atoms with Crippen molar-refractivity contribution in [1.82, 2.24) is 0 Å². The summed E-state index contributed by atoms with van der Waals surface area (Å²) in [4.78, 5) is 12.4. The number of ether oxygens (including phenoxy) is 5. The van der Waals surface area contributed by atoms with Crippen LogP contribution in [0.15, 0.2) is 36.4 Å². The summed E-state index contributed by atoms with van der Waals surface area (Å²) < 4.78 is 27.7. The van der Waals surface area contributed by atoms with E-state index in [9.17, 15) is 4.79 Å². The summed E-state index contributed by atoms with van der Waals surface area (Å²) in [6, 6.07) is 11.5. The summed E-state index contributed by atoms with van der Waals surface area (Å²) >= 11 is 0. The molecule has 2 aromatic rings. The number of carbonyl (C=O) groups excluding carboxylic acids is 1. The van der Waals surface area contributed by atoms with E-state index in [1.54, 1.807) is 7.11 Å². The average molecular weight is 340 g/mol. The fourth-order valence-corrected chi connectivity index (χ4v) is 3.84. The third-order valence-corrected chi connectivity index (χ3v) is 4.99. The van der Waals surface area contributed by atoms with E-state index in [0.29, 0.717) is 17.2 Å². The van der Waals surface area contributed by atoms with Gasteiger partial charge in [0.2, 0.25) is 6.79 Å². The molecule has 1 saturated heterocycles. The lowest BCUT2D eigenvalue weighted by molar-refractivity contribution is -0.141. The maximum absolute atomic E-state index is 12.4. The summed E-state index contributed by atoms with van der Waals surface area (Å²) in [5, 5.41) is 0. The fraction of sp³-hybridized carbons (Fsp3) is 0.316. The van der Waals surface area contributed by atoms with E-state index >= 15 is 0 Å². The Kier molecular flexibility index (Phi) is 3.07. The highest BCUT2D eigenvalue weighted by atomic mass is 16.7. The van der Waals surface area contributed by atoms with Crippen LogP contribution in [0, 0.1) is 5.92 Å². The van der Waals surface area contributed by atoms with Crippen molar-refractivity contribution in [3.05, 3.63) is 47.5 Å². The van der Waals surface area contributed by atoms with Gasteiger partial charge in [-0.15, -0.1) is 0 Å². The molecule has 0 radical (unpaired) electrons. The minimum Gasteiger partial charge on any atom is -0.497 e. The Morgan fingerprint density at radius 2 is 1.88 bits per heavy atom. The predicted molar refractivity (Wildman–Crippen MR) is 86.3 cm³/mol. The van der Waals surface area contributed by atoms with E-state index in [-0.39, 0.29) is 37.3 Å². The van der Waals surface area contributed by atoms with E-state index in [0.717, 1.165) is 16.9 Å². The van der Waals surface area contributed by atoms with Gasteiger partial charge in [0.05, 0.1) is 7.11 Å². The minimum absolute atomic E-state index is 0.187. The number of esters is 1. The van der Waals surface area contributed by atoms with Gasteiger partial charge in [0, 0.05) is 17.5 Å². The van der Waals surface area contributed by atoms with Crippen molar-refractivity contribution in [3.8, 4) is 23.0 Å². The van der Waals surface area contributed by atoms with Crippen LogP contribution in [-0.4, -0.2) is 32.6 Å². The first-order valence-corrected chi connectivity index (χ1v) is 8.15. The molecule has 1 fully saturated rings. The molecule has 3 aliphatic heterocycles. The third kappa shape index (κ3) is 2.13. The van der Waals surface area contributed by atoms with Crippen molar-refractivity contribution >= 4 is 5.97 Å². The lowest BCUT2D eigenvalue weighted by atomic mass is 9.76. The third-order valence-electron chi connectivity index (χ3n) is 4.99. The minimum atomic E-state index is -0.389. The molecule has 0 aromatic heterocycles. The molecule has 0 N–H and O–H groups in total. The highest BCUT2D eigenvalue weighted by Gasteiger charge is 2.49. The Morgan fingerprint density at radius 3 is 2.72 bits per heavy atom. The standard InChI is InChI=1S/C19H16O6/c1-21-11-4-2-3-10(5-11)17-12-6-14-15(24-9-23-14)7-13(12)25-16-8-22-19(20)18(16)17/h2-7,16-18H,8-9H2,1H3. The second-order valence-corrected chi connectivity index (χ2v) is 6.31. The van der Waals surface area contributed by atoms with E-state index < -0.39 is 0 Å². The van der Waals surface area contributed by atoms with E-state index in [1.807, 2.05) is 36.4 Å². The zero-order valence-electron chi connectivity index (χ0n) is 13.6. The normalized spacial score (nSPS) is 25.6. The van der Waals surface area contributed by atoms with Gasteiger partial charge in [-0.3, -0.25) is 4.79 Å². The van der Waals surface area contributed by atoms with E-state index in [2.05, 4.69) is 0 Å². The van der Waals surface area contributed by atoms with Gasteiger partial charge >= 0.3 is 5.97 Å². The van der Waals surface area contributed by atoms with Crippen LogP contribution in [0.1, 0.15) is 17.0 Å². The monoisotopic (exact) mass is 340 g/mol. The molecule has 25 heavy (non-hydrogen) atoms. The summed E-state index contributed by atoms with van der Waals surface area (Å²) in [5.41, 5.74) is 1.88. The fourth-order valence-electron chi connectivity index (χ4n) is 3.84. The molecule has 0 amide bonds. The molecule has 0 bridgehead atoms. The first-order valence-electron chi connectivity index (χ1n) is 8.15. The van der Waals surface area contributed by atoms with Crippen molar-refractivity contribution in [3.63, 3.8) is 0 Å². The van der Waals surface area contributed by atoms with Crippen molar-refractivity contribution in [2.75, 3.05) is 20.5 Å². The van der Waals surface area contributed by atoms with Crippen LogP contribution in [-0.2, 0) is 9.53 Å². The lowest BCUT2D eigenvalue weighted by Crippen LogP contribution is -2.37. The molecule has 6 nitrogen and oxygen atoms in total. The molecule has 0 aliphatic carbocycles. The van der Waals surface area contributed by atoms with Crippen molar-refractivity contribution in [2.24, 2.45) is 5.92 Å². The number of rotatable bonds is 2. The van der Waals surface area contributed by atoms with Crippen LogP contribution in [0.2, 0.25) is 0 Å². The van der Waals surface area contributed by atoms with Gasteiger partial charge in [0.15, 0.2) is 11.5 Å². The molecule has 3 atom stereocenters. The maximum Gasteiger partial charge on any atom is 0.313 e. The average Bonchev–Trinajstić information content (AvgIpc) is 3.24. The van der Waals surface area contributed by atoms with Gasteiger partial charge in [-0.1, -0.05) is 12.1 Å². The molecule has 3 heterocycles. The number of cyclic esters (lactones) is 1. The second kappa shape index (κ2) is 5.31. The Hall–Kier alpha value is -2.89. The predicted octanol–water partition coefficient (Wildman–Crippen LogP) is 2.49. The summed E-state index contributed by atoms with van der Waals surface area (Å²) in [7, 11) is 1.63. The molecule has 128 valence electrons. The molecule has 0 saturated carbocycles. The number of hydrogen-bond donors (Lipinski definition) is 0. The first kappa shape index (κ1) is 14.5. The molecular weight excluding hydrogens is 324 g/mol. The van der Waals surface area contributed by atoms with Gasteiger partial charge in [-0.2, -0.15) is 0 Å². The highest BCUT2D eigenvalue weighted by Crippen LogP contribution is 2.51. The number of hydrogen-bond acceptors (Lipinski definition) is 6. The highest BCUT2D eigenvalue weighted by molar-refractivity contribution is 5.79. The van der Waals surface area contributed by atoms with Crippen LogP contribution >= 0.6 is 0 Å². The van der Waals surface area contributed by atoms with Gasteiger partial charge in [0.25, 0.3) is 0 Å². The van der Waals surface area contributed by atoms with Crippen molar-refractivity contribution in [1.29, 1.82) is 0 Å². The molecular formula is C19H16O6. The number of carbonyl (C=O) groups is 1. The van der Waals surface area contributed by atoms with Gasteiger partial charge in [0.1, 0.15) is 30.1 Å². The Morgan fingerprint density at radius 1 is 1.04 bits per heavy atom. The Balaban J connectivity index is 1.69. The van der Waals surface area contributed by atoms with Crippen LogP contribution in [0.3, 0.4) is 0 Å². The summed E-state index contributed by atoms with van der Waals surface area (Å²) in [6.45, 7) is 0.453. The quantitative estimate of drug-likeness (QED) is 0.783. The molecule has 3 unspecified atom stereocenters. The largest absolute Gasteiger partial charge is 0.497 e. The molecule has 3 aliphatic rings. The Bertz CT molecular complexity index is 861. The topological polar surface area (TPSA) is 63.2 Å². The lowest BCUT2D eigenvalue weighted by Gasteiger charge is -2.33. The number of fused-ring (bicyclic) bond motifs is 3. The summed E-state index contributed by atoms with van der Waals surface area (Å²) in [6.07, 6.45) is -0.309. The molecule has 2 aromatic carbocycles. The van der Waals surface area contributed by atoms with Crippen LogP contribution < -0.4 is 18.9 Å². The van der Waals surface area contributed by atoms with E-state index in [1.165, 1.54) is 0 Å².